The molecule has 0 N–H and O–H groups in total. The molecule has 0 aromatic heterocycles. The van der Waals surface area contributed by atoms with E-state index in [4.69, 9.17) is 33.2 Å². The summed E-state index contributed by atoms with van der Waals surface area (Å²) in [5, 5.41) is 2.43. The second kappa shape index (κ2) is 14.2. The first-order chi connectivity index (χ1) is 16.0. The fourth-order valence-corrected chi connectivity index (χ4v) is 5.24. The molecule has 6 heteroatoms. The Bertz CT molecular complexity index is 956. The summed E-state index contributed by atoms with van der Waals surface area (Å²) < 4.78 is 0. The predicted octanol–water partition coefficient (Wildman–Crippen LogP) is 8.29. The van der Waals surface area contributed by atoms with Crippen molar-refractivity contribution in [1.29, 1.82) is 0 Å². The van der Waals surface area contributed by atoms with Crippen LogP contribution in [0, 0.1) is 0 Å². The lowest BCUT2D eigenvalue weighted by Crippen LogP contribution is -2.12. The molecule has 3 rings (SSSR count). The van der Waals surface area contributed by atoms with Gasteiger partial charge in [-0.1, -0.05) is 79.9 Å². The molecule has 0 spiro atoms. The first kappa shape index (κ1) is 26.3. The minimum atomic E-state index is 0.574. The first-order valence-electron chi connectivity index (χ1n) is 12.0. The Morgan fingerprint density at radius 1 is 0.848 bits per heavy atom. The van der Waals surface area contributed by atoms with Gasteiger partial charge in [0.25, 0.3) is 0 Å². The molecule has 0 saturated carbocycles. The standard InChI is InChI=1S/C27H35Cl2N3S/c1-32(2)17-11-7-5-3-4-6-8-12-18-33-26-20-30-27(22-13-9-10-14-24(22)29)23-19-21(28)15-16-25(23)31-26/h9-10,13-16,19H,3-8,11-12,17-18,20H2,1-2H3. The topological polar surface area (TPSA) is 28.0 Å². The molecule has 0 atom stereocenters. The van der Waals surface area contributed by atoms with Crippen LogP contribution in [0.3, 0.4) is 0 Å². The van der Waals surface area contributed by atoms with Crippen molar-refractivity contribution in [2.75, 3.05) is 32.9 Å². The highest BCUT2D eigenvalue weighted by Crippen LogP contribution is 2.32. The maximum absolute atomic E-state index is 6.49. The molecule has 3 nitrogen and oxygen atoms in total. The SMILES string of the molecule is CN(C)CCCCCCCCCCSC1=Nc2ccc(Cl)cc2C(c2ccccc2Cl)=NC1. The zero-order chi connectivity index (χ0) is 23.5. The highest BCUT2D eigenvalue weighted by Gasteiger charge is 2.18. The van der Waals surface area contributed by atoms with E-state index in [0.29, 0.717) is 16.6 Å². The summed E-state index contributed by atoms with van der Waals surface area (Å²) in [5.74, 6) is 1.08. The van der Waals surface area contributed by atoms with Gasteiger partial charge in [-0.3, -0.25) is 4.99 Å². The Morgan fingerprint density at radius 3 is 2.27 bits per heavy atom. The Kier molecular flexibility index (Phi) is 11.3. The van der Waals surface area contributed by atoms with Crippen molar-refractivity contribution in [3.8, 4) is 0 Å². The van der Waals surface area contributed by atoms with Crippen LogP contribution in [0.2, 0.25) is 10.0 Å². The predicted molar refractivity (Wildman–Crippen MR) is 148 cm³/mol. The maximum Gasteiger partial charge on any atom is 0.0954 e. The molecule has 0 aliphatic carbocycles. The first-order valence-corrected chi connectivity index (χ1v) is 13.7. The molecule has 0 unspecified atom stereocenters. The lowest BCUT2D eigenvalue weighted by atomic mass is 10.0. The van der Waals surface area contributed by atoms with Gasteiger partial charge in [0.05, 0.1) is 23.0 Å². The van der Waals surface area contributed by atoms with Crippen LogP contribution < -0.4 is 0 Å². The Morgan fingerprint density at radius 2 is 1.55 bits per heavy atom. The van der Waals surface area contributed by atoms with Crippen LogP contribution in [0.1, 0.15) is 62.5 Å². The Hall–Kier alpha value is -1.33. The number of nitrogens with zero attached hydrogens (tertiary/aromatic N) is 3. The number of aliphatic imine (C=N–C) groups is 2. The molecule has 0 bridgehead atoms. The summed E-state index contributed by atoms with van der Waals surface area (Å²) in [6.45, 7) is 1.78. The third-order valence-corrected chi connectivity index (χ3v) is 7.34. The van der Waals surface area contributed by atoms with E-state index in [1.54, 1.807) is 0 Å². The molecule has 2 aromatic carbocycles. The highest BCUT2D eigenvalue weighted by atomic mass is 35.5. The zero-order valence-corrected chi connectivity index (χ0v) is 22.2. The van der Waals surface area contributed by atoms with Crippen molar-refractivity contribution in [2.24, 2.45) is 9.98 Å². The summed E-state index contributed by atoms with van der Waals surface area (Å²) in [5.41, 5.74) is 3.64. The number of fused-ring (bicyclic) bond motifs is 1. The van der Waals surface area contributed by atoms with Crippen LogP contribution in [-0.4, -0.2) is 48.6 Å². The van der Waals surface area contributed by atoms with Crippen LogP contribution in [0.4, 0.5) is 5.69 Å². The zero-order valence-electron chi connectivity index (χ0n) is 19.8. The van der Waals surface area contributed by atoms with E-state index in [9.17, 15) is 0 Å². The van der Waals surface area contributed by atoms with Gasteiger partial charge in [-0.2, -0.15) is 0 Å². The van der Waals surface area contributed by atoms with Crippen molar-refractivity contribution in [3.05, 3.63) is 63.6 Å². The molecule has 2 aromatic rings. The fourth-order valence-electron chi connectivity index (χ4n) is 3.94. The van der Waals surface area contributed by atoms with Crippen molar-refractivity contribution in [1.82, 2.24) is 4.90 Å². The normalized spacial score (nSPS) is 13.5. The number of unbranched alkanes of at least 4 members (excludes halogenated alkanes) is 7. The third-order valence-electron chi connectivity index (χ3n) is 5.73. The quantitative estimate of drug-likeness (QED) is 0.272. The van der Waals surface area contributed by atoms with Crippen LogP contribution in [-0.2, 0) is 0 Å². The van der Waals surface area contributed by atoms with Crippen LogP contribution >= 0.6 is 35.0 Å². The molecule has 0 fully saturated rings. The van der Waals surface area contributed by atoms with Gasteiger partial charge < -0.3 is 4.90 Å². The molecule has 1 aliphatic heterocycles. The number of hydrogen-bond donors (Lipinski definition) is 0. The second-order valence-corrected chi connectivity index (χ2v) is 10.8. The molecule has 0 saturated heterocycles. The van der Waals surface area contributed by atoms with Crippen LogP contribution in [0.25, 0.3) is 0 Å². The number of rotatable bonds is 12. The van der Waals surface area contributed by atoms with E-state index in [-0.39, 0.29) is 0 Å². The maximum atomic E-state index is 6.49. The van der Waals surface area contributed by atoms with E-state index in [1.807, 2.05) is 54.2 Å². The van der Waals surface area contributed by atoms with Gasteiger partial charge >= 0.3 is 0 Å². The molecule has 1 aliphatic rings. The lowest BCUT2D eigenvalue weighted by molar-refractivity contribution is 0.389. The number of hydrogen-bond acceptors (Lipinski definition) is 4. The average Bonchev–Trinajstić information content (AvgIpc) is 2.96. The molecule has 0 radical (unpaired) electrons. The summed E-state index contributed by atoms with van der Waals surface area (Å²) in [7, 11) is 4.30. The van der Waals surface area contributed by atoms with E-state index < -0.39 is 0 Å². The van der Waals surface area contributed by atoms with Gasteiger partial charge in [-0.15, -0.1) is 11.8 Å². The molecule has 33 heavy (non-hydrogen) atoms. The van der Waals surface area contributed by atoms with E-state index >= 15 is 0 Å². The molecule has 1 heterocycles. The van der Waals surface area contributed by atoms with Crippen LogP contribution in [0.15, 0.2) is 52.4 Å². The van der Waals surface area contributed by atoms with Gasteiger partial charge in [-0.25, -0.2) is 4.99 Å². The monoisotopic (exact) mass is 503 g/mol. The van der Waals surface area contributed by atoms with E-state index in [0.717, 1.165) is 33.3 Å². The smallest absolute Gasteiger partial charge is 0.0954 e. The minimum absolute atomic E-state index is 0.574. The van der Waals surface area contributed by atoms with Crippen molar-refractivity contribution in [3.63, 3.8) is 0 Å². The third kappa shape index (κ3) is 8.75. The van der Waals surface area contributed by atoms with Gasteiger partial charge in [0, 0.05) is 21.2 Å². The largest absolute Gasteiger partial charge is 0.309 e. The van der Waals surface area contributed by atoms with E-state index in [2.05, 4.69) is 19.0 Å². The molecular weight excluding hydrogens is 469 g/mol. The number of halogens is 2. The van der Waals surface area contributed by atoms with E-state index in [1.165, 1.54) is 57.9 Å². The van der Waals surface area contributed by atoms with Crippen molar-refractivity contribution >= 4 is 51.4 Å². The number of benzene rings is 2. The average molecular weight is 505 g/mol. The van der Waals surface area contributed by atoms with Gasteiger partial charge in [0.15, 0.2) is 0 Å². The van der Waals surface area contributed by atoms with Crippen molar-refractivity contribution < 1.29 is 0 Å². The Labute approximate surface area is 213 Å². The summed E-state index contributed by atoms with van der Waals surface area (Å²) in [6, 6.07) is 13.6. The number of thioether (sulfide) groups is 1. The second-order valence-electron chi connectivity index (χ2n) is 8.79. The summed E-state index contributed by atoms with van der Waals surface area (Å²) in [4.78, 5) is 12.1. The summed E-state index contributed by atoms with van der Waals surface area (Å²) >= 11 is 14.6. The minimum Gasteiger partial charge on any atom is -0.309 e. The lowest BCUT2D eigenvalue weighted by Gasteiger charge is -2.10. The van der Waals surface area contributed by atoms with Crippen LogP contribution in [0.5, 0.6) is 0 Å². The van der Waals surface area contributed by atoms with Gasteiger partial charge in [-0.05, 0) is 63.5 Å². The van der Waals surface area contributed by atoms with Crippen molar-refractivity contribution in [2.45, 2.75) is 51.4 Å². The Balaban J connectivity index is 1.47. The van der Waals surface area contributed by atoms with Gasteiger partial charge in [0.2, 0.25) is 0 Å². The molecule has 178 valence electrons. The molecular formula is C27H35Cl2N3S. The molecule has 0 amide bonds. The van der Waals surface area contributed by atoms with Gasteiger partial charge in [0.1, 0.15) is 0 Å². The summed E-state index contributed by atoms with van der Waals surface area (Å²) in [6.07, 6.45) is 10.6. The highest BCUT2D eigenvalue weighted by molar-refractivity contribution is 8.14. The fraction of sp³-hybridized carbons (Fsp3) is 0.481.